The van der Waals surface area contributed by atoms with Gasteiger partial charge in [-0.05, 0) is 32.4 Å². The minimum absolute atomic E-state index is 0.357. The SMILES string of the molecule is CCC(C)(N)c1nc(-c2ccc(F)cn2)c(C)[nH]1. The van der Waals surface area contributed by atoms with Crippen molar-refractivity contribution in [2.24, 2.45) is 5.73 Å². The molecule has 0 saturated heterocycles. The fraction of sp³-hybridized carbons (Fsp3) is 0.385. The average Bonchev–Trinajstić information content (AvgIpc) is 2.73. The number of aryl methyl sites for hydroxylation is 1. The molecular weight excluding hydrogens is 231 g/mol. The molecule has 1 atom stereocenters. The van der Waals surface area contributed by atoms with Crippen molar-refractivity contribution < 1.29 is 4.39 Å². The minimum Gasteiger partial charge on any atom is -0.344 e. The average molecular weight is 248 g/mol. The fourth-order valence-corrected chi connectivity index (χ4v) is 1.66. The van der Waals surface area contributed by atoms with Crippen molar-refractivity contribution in [3.8, 4) is 11.4 Å². The quantitative estimate of drug-likeness (QED) is 0.877. The lowest BCUT2D eigenvalue weighted by atomic mass is 10.0. The second kappa shape index (κ2) is 4.49. The van der Waals surface area contributed by atoms with E-state index in [2.05, 4.69) is 15.0 Å². The van der Waals surface area contributed by atoms with Gasteiger partial charge in [0, 0.05) is 5.69 Å². The van der Waals surface area contributed by atoms with E-state index in [1.54, 1.807) is 6.07 Å². The molecule has 96 valence electrons. The molecule has 4 nitrogen and oxygen atoms in total. The number of hydrogen-bond donors (Lipinski definition) is 2. The van der Waals surface area contributed by atoms with Gasteiger partial charge in [-0.3, -0.25) is 4.98 Å². The normalized spacial score (nSPS) is 14.5. The van der Waals surface area contributed by atoms with Gasteiger partial charge in [-0.2, -0.15) is 0 Å². The number of pyridine rings is 1. The standard InChI is InChI=1S/C13H17FN4/c1-4-13(3,15)12-17-8(2)11(18-12)10-6-5-9(14)7-16-10/h5-7H,4,15H2,1-3H3,(H,17,18). The highest BCUT2D eigenvalue weighted by Gasteiger charge is 2.24. The van der Waals surface area contributed by atoms with E-state index < -0.39 is 5.54 Å². The van der Waals surface area contributed by atoms with Gasteiger partial charge in [0.15, 0.2) is 0 Å². The largest absolute Gasteiger partial charge is 0.344 e. The van der Waals surface area contributed by atoms with Crippen LogP contribution in [0, 0.1) is 12.7 Å². The summed E-state index contributed by atoms with van der Waals surface area (Å²) in [6.07, 6.45) is 1.96. The minimum atomic E-state index is -0.497. The van der Waals surface area contributed by atoms with Gasteiger partial charge in [-0.25, -0.2) is 9.37 Å². The van der Waals surface area contributed by atoms with Crippen LogP contribution in [0.1, 0.15) is 31.8 Å². The Morgan fingerprint density at radius 3 is 2.72 bits per heavy atom. The topological polar surface area (TPSA) is 67.6 Å². The van der Waals surface area contributed by atoms with Gasteiger partial charge >= 0.3 is 0 Å². The zero-order valence-corrected chi connectivity index (χ0v) is 10.8. The number of H-pyrrole nitrogens is 1. The van der Waals surface area contributed by atoms with Crippen molar-refractivity contribution in [2.75, 3.05) is 0 Å². The van der Waals surface area contributed by atoms with Crippen LogP contribution in [0.15, 0.2) is 18.3 Å². The van der Waals surface area contributed by atoms with Crippen molar-refractivity contribution in [2.45, 2.75) is 32.7 Å². The maximum atomic E-state index is 12.8. The highest BCUT2D eigenvalue weighted by atomic mass is 19.1. The van der Waals surface area contributed by atoms with Gasteiger partial charge in [0.05, 0.1) is 17.4 Å². The molecule has 0 spiro atoms. The smallest absolute Gasteiger partial charge is 0.141 e. The van der Waals surface area contributed by atoms with E-state index in [0.29, 0.717) is 5.69 Å². The second-order valence-corrected chi connectivity index (χ2v) is 4.69. The summed E-state index contributed by atoms with van der Waals surface area (Å²) in [5.41, 5.74) is 7.89. The Labute approximate surface area is 105 Å². The summed E-state index contributed by atoms with van der Waals surface area (Å²) < 4.78 is 12.8. The first-order valence-corrected chi connectivity index (χ1v) is 5.92. The van der Waals surface area contributed by atoms with Crippen LogP contribution >= 0.6 is 0 Å². The summed E-state index contributed by atoms with van der Waals surface area (Å²) in [4.78, 5) is 11.7. The summed E-state index contributed by atoms with van der Waals surface area (Å²) in [6.45, 7) is 5.84. The Hall–Kier alpha value is -1.75. The van der Waals surface area contributed by atoms with Crippen LogP contribution in [-0.2, 0) is 5.54 Å². The first-order valence-electron chi connectivity index (χ1n) is 5.92. The molecule has 2 aromatic heterocycles. The molecule has 3 N–H and O–H groups in total. The molecule has 0 bridgehead atoms. The van der Waals surface area contributed by atoms with E-state index in [1.807, 2.05) is 20.8 Å². The van der Waals surface area contributed by atoms with Crippen molar-refractivity contribution in [3.63, 3.8) is 0 Å². The third-order valence-electron chi connectivity index (χ3n) is 3.13. The zero-order chi connectivity index (χ0) is 13.3. The summed E-state index contributed by atoms with van der Waals surface area (Å²) in [5, 5.41) is 0. The summed E-state index contributed by atoms with van der Waals surface area (Å²) in [5.74, 6) is 0.369. The Bertz CT molecular complexity index is 543. The molecule has 0 aliphatic heterocycles. The molecule has 18 heavy (non-hydrogen) atoms. The maximum Gasteiger partial charge on any atom is 0.141 e. The predicted molar refractivity (Wildman–Crippen MR) is 68.3 cm³/mol. The number of nitrogens with zero attached hydrogens (tertiary/aromatic N) is 2. The van der Waals surface area contributed by atoms with Crippen LogP contribution in [0.25, 0.3) is 11.4 Å². The van der Waals surface area contributed by atoms with Gasteiger partial charge in [-0.1, -0.05) is 6.92 Å². The third kappa shape index (κ3) is 2.26. The molecule has 5 heteroatoms. The van der Waals surface area contributed by atoms with Crippen molar-refractivity contribution in [1.29, 1.82) is 0 Å². The highest BCUT2D eigenvalue weighted by Crippen LogP contribution is 2.24. The van der Waals surface area contributed by atoms with Gasteiger partial charge < -0.3 is 10.7 Å². The Balaban J connectivity index is 2.44. The molecule has 0 amide bonds. The van der Waals surface area contributed by atoms with Gasteiger partial charge in [0.1, 0.15) is 17.3 Å². The summed E-state index contributed by atoms with van der Waals surface area (Å²) in [7, 11) is 0. The van der Waals surface area contributed by atoms with Gasteiger partial charge in [0.25, 0.3) is 0 Å². The first kappa shape index (κ1) is 12.7. The molecule has 0 fully saturated rings. The van der Waals surface area contributed by atoms with E-state index in [-0.39, 0.29) is 5.82 Å². The van der Waals surface area contributed by atoms with Gasteiger partial charge in [-0.15, -0.1) is 0 Å². The number of hydrogen-bond acceptors (Lipinski definition) is 3. The summed E-state index contributed by atoms with van der Waals surface area (Å²) in [6, 6.07) is 2.99. The molecular formula is C13H17FN4. The molecule has 0 aliphatic rings. The van der Waals surface area contributed by atoms with Crippen LogP contribution in [0.5, 0.6) is 0 Å². The number of aromatic amines is 1. The van der Waals surface area contributed by atoms with Crippen LogP contribution < -0.4 is 5.73 Å². The molecule has 0 saturated carbocycles. The maximum absolute atomic E-state index is 12.8. The second-order valence-electron chi connectivity index (χ2n) is 4.69. The van der Waals surface area contributed by atoms with Crippen LogP contribution in [0.2, 0.25) is 0 Å². The van der Waals surface area contributed by atoms with Crippen LogP contribution in [-0.4, -0.2) is 15.0 Å². The van der Waals surface area contributed by atoms with E-state index >= 15 is 0 Å². The van der Waals surface area contributed by atoms with E-state index in [9.17, 15) is 4.39 Å². The highest BCUT2D eigenvalue weighted by molar-refractivity contribution is 5.57. The van der Waals surface area contributed by atoms with Crippen LogP contribution in [0.4, 0.5) is 4.39 Å². The van der Waals surface area contributed by atoms with E-state index in [4.69, 9.17) is 5.73 Å². The van der Waals surface area contributed by atoms with E-state index in [0.717, 1.165) is 23.6 Å². The number of nitrogens with two attached hydrogens (primary N) is 1. The molecule has 0 aliphatic carbocycles. The number of aromatic nitrogens is 3. The van der Waals surface area contributed by atoms with E-state index in [1.165, 1.54) is 12.3 Å². The third-order valence-corrected chi connectivity index (χ3v) is 3.13. The molecule has 2 aromatic rings. The molecule has 2 rings (SSSR count). The molecule has 0 aromatic carbocycles. The van der Waals surface area contributed by atoms with Crippen molar-refractivity contribution in [1.82, 2.24) is 15.0 Å². The zero-order valence-electron chi connectivity index (χ0n) is 10.8. The van der Waals surface area contributed by atoms with Crippen molar-refractivity contribution in [3.05, 3.63) is 35.7 Å². The first-order chi connectivity index (χ1) is 8.44. The molecule has 0 radical (unpaired) electrons. The summed E-state index contributed by atoms with van der Waals surface area (Å²) >= 11 is 0. The molecule has 1 unspecified atom stereocenters. The number of imidazole rings is 1. The Morgan fingerprint density at radius 2 is 2.17 bits per heavy atom. The lowest BCUT2D eigenvalue weighted by Gasteiger charge is -2.19. The monoisotopic (exact) mass is 248 g/mol. The van der Waals surface area contributed by atoms with Gasteiger partial charge in [0.2, 0.25) is 0 Å². The number of rotatable bonds is 3. The Morgan fingerprint density at radius 1 is 1.44 bits per heavy atom. The van der Waals surface area contributed by atoms with Crippen molar-refractivity contribution >= 4 is 0 Å². The Kier molecular flexibility index (Phi) is 3.17. The number of nitrogens with one attached hydrogen (secondary N) is 1. The number of halogens is 1. The fourth-order valence-electron chi connectivity index (χ4n) is 1.66. The lowest BCUT2D eigenvalue weighted by Crippen LogP contribution is -2.33. The van der Waals surface area contributed by atoms with Crippen LogP contribution in [0.3, 0.4) is 0 Å². The predicted octanol–water partition coefficient (Wildman–Crippen LogP) is 2.50. The lowest BCUT2D eigenvalue weighted by molar-refractivity contribution is 0.449. The molecule has 2 heterocycles.